The van der Waals surface area contributed by atoms with Gasteiger partial charge in [-0.15, -0.1) is 0 Å². The van der Waals surface area contributed by atoms with Crippen LogP contribution in [-0.2, 0) is 0 Å². The first kappa shape index (κ1) is 17.0. The van der Waals surface area contributed by atoms with E-state index in [9.17, 15) is 0 Å². The van der Waals surface area contributed by atoms with Crippen LogP contribution in [0.3, 0.4) is 0 Å². The maximum absolute atomic E-state index is 6.28. The number of nitrogens with zero attached hydrogens (tertiary/aromatic N) is 1. The first-order valence-corrected chi connectivity index (χ1v) is 8.16. The first-order chi connectivity index (χ1) is 8.71. The van der Waals surface area contributed by atoms with E-state index in [-0.39, 0.29) is 5.54 Å². The van der Waals surface area contributed by atoms with Crippen LogP contribution in [0.5, 0.6) is 0 Å². The number of rotatable bonds is 6. The molecule has 0 saturated carbocycles. The van der Waals surface area contributed by atoms with E-state index < -0.39 is 0 Å². The number of nitrogens with two attached hydrogens (primary N) is 1. The van der Waals surface area contributed by atoms with Gasteiger partial charge in [0, 0.05) is 18.6 Å². The first-order valence-electron chi connectivity index (χ1n) is 8.16. The molecular weight excluding hydrogens is 232 g/mol. The van der Waals surface area contributed by atoms with Crippen LogP contribution in [-0.4, -0.2) is 30.1 Å². The van der Waals surface area contributed by atoms with Crippen molar-refractivity contribution < 1.29 is 0 Å². The average molecular weight is 268 g/mol. The fraction of sp³-hybridized carbons (Fsp3) is 1.00. The van der Waals surface area contributed by atoms with Crippen molar-refractivity contribution in [2.75, 3.05) is 19.6 Å². The van der Waals surface area contributed by atoms with Gasteiger partial charge in [-0.05, 0) is 49.5 Å². The van der Waals surface area contributed by atoms with Gasteiger partial charge in [-0.1, -0.05) is 41.5 Å². The quantitative estimate of drug-likeness (QED) is 0.791. The molecule has 1 heterocycles. The molecule has 1 saturated heterocycles. The summed E-state index contributed by atoms with van der Waals surface area (Å²) in [5, 5.41) is 0. The monoisotopic (exact) mass is 268 g/mol. The summed E-state index contributed by atoms with van der Waals surface area (Å²) < 4.78 is 0. The zero-order valence-electron chi connectivity index (χ0n) is 14.1. The lowest BCUT2D eigenvalue weighted by atomic mass is 9.76. The van der Waals surface area contributed by atoms with Crippen molar-refractivity contribution in [1.29, 1.82) is 0 Å². The molecule has 0 atom stereocenters. The molecule has 1 aliphatic rings. The third-order valence-corrected chi connectivity index (χ3v) is 4.53. The molecule has 2 nitrogen and oxygen atoms in total. The van der Waals surface area contributed by atoms with E-state index in [2.05, 4.69) is 46.4 Å². The number of piperidine rings is 1. The normalized spacial score (nSPS) is 21.3. The van der Waals surface area contributed by atoms with E-state index in [0.717, 1.165) is 6.54 Å². The summed E-state index contributed by atoms with van der Waals surface area (Å²) >= 11 is 0. The minimum Gasteiger partial charge on any atom is -0.329 e. The Bertz CT molecular complexity index is 258. The summed E-state index contributed by atoms with van der Waals surface area (Å²) in [5.41, 5.74) is 6.96. The number of hydrogen-bond donors (Lipinski definition) is 1. The molecule has 2 N–H and O–H groups in total. The molecule has 0 aromatic carbocycles. The predicted molar refractivity (Wildman–Crippen MR) is 85.3 cm³/mol. The van der Waals surface area contributed by atoms with Crippen molar-refractivity contribution in [3.63, 3.8) is 0 Å². The second kappa shape index (κ2) is 6.58. The molecule has 1 aliphatic heterocycles. The Morgan fingerprint density at radius 3 is 2.00 bits per heavy atom. The van der Waals surface area contributed by atoms with E-state index in [0.29, 0.717) is 17.3 Å². The summed E-state index contributed by atoms with van der Waals surface area (Å²) in [6.07, 6.45) is 5.15. The molecule has 2 heteroatoms. The van der Waals surface area contributed by atoms with Crippen molar-refractivity contribution in [3.05, 3.63) is 0 Å². The van der Waals surface area contributed by atoms with E-state index in [1.165, 1.54) is 38.8 Å². The number of likely N-dealkylation sites (tertiary alicyclic amines) is 1. The predicted octanol–water partition coefficient (Wildman–Crippen LogP) is 3.90. The summed E-state index contributed by atoms with van der Waals surface area (Å²) in [7, 11) is 0. The largest absolute Gasteiger partial charge is 0.329 e. The molecule has 19 heavy (non-hydrogen) atoms. The topological polar surface area (TPSA) is 29.3 Å². The highest BCUT2D eigenvalue weighted by Crippen LogP contribution is 2.37. The smallest absolute Gasteiger partial charge is 0.0336 e. The van der Waals surface area contributed by atoms with E-state index in [1.54, 1.807) is 0 Å². The van der Waals surface area contributed by atoms with Crippen molar-refractivity contribution >= 4 is 0 Å². The van der Waals surface area contributed by atoms with Crippen molar-refractivity contribution in [2.45, 2.75) is 72.8 Å². The maximum atomic E-state index is 6.28. The molecule has 1 rings (SSSR count). The SMILES string of the molecule is CC(C)CC(CN)(CC(C)C)N1CCCC(C)(C)C1. The van der Waals surface area contributed by atoms with Gasteiger partial charge in [0.15, 0.2) is 0 Å². The van der Waals surface area contributed by atoms with Crippen LogP contribution in [0, 0.1) is 17.3 Å². The second-order valence-electron chi connectivity index (χ2n) is 8.31. The van der Waals surface area contributed by atoms with Crippen LogP contribution < -0.4 is 5.73 Å². The second-order valence-corrected chi connectivity index (χ2v) is 8.31. The lowest BCUT2D eigenvalue weighted by molar-refractivity contribution is -0.00572. The van der Waals surface area contributed by atoms with Crippen molar-refractivity contribution in [2.24, 2.45) is 23.0 Å². The van der Waals surface area contributed by atoms with E-state index in [1.807, 2.05) is 0 Å². The zero-order valence-corrected chi connectivity index (χ0v) is 14.1. The Balaban J connectivity index is 2.93. The third-order valence-electron chi connectivity index (χ3n) is 4.53. The Hall–Kier alpha value is -0.0800. The Morgan fingerprint density at radius 1 is 1.11 bits per heavy atom. The van der Waals surface area contributed by atoms with Crippen LogP contribution in [0.2, 0.25) is 0 Å². The summed E-state index contributed by atoms with van der Waals surface area (Å²) in [6, 6.07) is 0. The van der Waals surface area contributed by atoms with Crippen molar-refractivity contribution in [3.8, 4) is 0 Å². The lowest BCUT2D eigenvalue weighted by Crippen LogP contribution is -2.59. The van der Waals surface area contributed by atoms with Crippen LogP contribution in [0.1, 0.15) is 67.2 Å². The molecule has 114 valence electrons. The summed E-state index contributed by atoms with van der Waals surface area (Å²) in [6.45, 7) is 17.4. The van der Waals surface area contributed by atoms with Gasteiger partial charge in [0.25, 0.3) is 0 Å². The Kier molecular flexibility index (Phi) is 5.88. The maximum Gasteiger partial charge on any atom is 0.0336 e. The molecule has 0 aromatic heterocycles. The molecular formula is C17H36N2. The highest BCUT2D eigenvalue weighted by Gasteiger charge is 2.40. The van der Waals surface area contributed by atoms with Crippen LogP contribution in [0.25, 0.3) is 0 Å². The van der Waals surface area contributed by atoms with Gasteiger partial charge >= 0.3 is 0 Å². The van der Waals surface area contributed by atoms with Crippen LogP contribution >= 0.6 is 0 Å². The van der Waals surface area contributed by atoms with Gasteiger partial charge in [-0.2, -0.15) is 0 Å². The van der Waals surface area contributed by atoms with Gasteiger partial charge in [0.05, 0.1) is 0 Å². The van der Waals surface area contributed by atoms with E-state index >= 15 is 0 Å². The molecule has 0 spiro atoms. The van der Waals surface area contributed by atoms with Gasteiger partial charge in [-0.3, -0.25) is 4.90 Å². The fourth-order valence-electron chi connectivity index (χ4n) is 3.99. The highest BCUT2D eigenvalue weighted by atomic mass is 15.2. The summed E-state index contributed by atoms with van der Waals surface area (Å²) in [5.74, 6) is 1.43. The van der Waals surface area contributed by atoms with Gasteiger partial charge in [0.2, 0.25) is 0 Å². The fourth-order valence-corrected chi connectivity index (χ4v) is 3.99. The average Bonchev–Trinajstić information content (AvgIpc) is 2.25. The molecule has 0 amide bonds. The minimum absolute atomic E-state index is 0.222. The van der Waals surface area contributed by atoms with Crippen LogP contribution in [0.4, 0.5) is 0 Å². The number of hydrogen-bond acceptors (Lipinski definition) is 2. The Morgan fingerprint density at radius 2 is 1.63 bits per heavy atom. The zero-order chi connectivity index (χ0) is 14.7. The lowest BCUT2D eigenvalue weighted by Gasteiger charge is -2.51. The van der Waals surface area contributed by atoms with Gasteiger partial charge < -0.3 is 5.73 Å². The van der Waals surface area contributed by atoms with E-state index in [4.69, 9.17) is 5.73 Å². The molecule has 0 unspecified atom stereocenters. The summed E-state index contributed by atoms with van der Waals surface area (Å²) in [4.78, 5) is 2.73. The third kappa shape index (κ3) is 4.75. The highest BCUT2D eigenvalue weighted by molar-refractivity contribution is 4.97. The molecule has 0 bridgehead atoms. The van der Waals surface area contributed by atoms with Gasteiger partial charge in [-0.25, -0.2) is 0 Å². The van der Waals surface area contributed by atoms with Crippen LogP contribution in [0.15, 0.2) is 0 Å². The Labute approximate surface area is 121 Å². The molecule has 0 radical (unpaired) electrons. The molecule has 0 aliphatic carbocycles. The standard InChI is InChI=1S/C17H36N2/c1-14(2)10-17(12-18,11-15(3)4)19-9-7-8-16(5,6)13-19/h14-15H,7-13,18H2,1-6H3. The van der Waals surface area contributed by atoms with Gasteiger partial charge in [0.1, 0.15) is 0 Å². The molecule has 1 fully saturated rings. The molecule has 0 aromatic rings. The van der Waals surface area contributed by atoms with Crippen molar-refractivity contribution in [1.82, 2.24) is 4.90 Å². The minimum atomic E-state index is 0.222.